The van der Waals surface area contributed by atoms with E-state index >= 15 is 0 Å². The predicted octanol–water partition coefficient (Wildman–Crippen LogP) is 8.42. The number of anilines is 2. The Balaban J connectivity index is 1.03. The zero-order valence-electron chi connectivity index (χ0n) is 55.5. The molecule has 1 aliphatic rings. The number of amides is 9. The second-order valence-electron chi connectivity index (χ2n) is 26.0. The van der Waals surface area contributed by atoms with E-state index in [1.807, 2.05) is 140 Å². The van der Waals surface area contributed by atoms with Crippen molar-refractivity contribution < 1.29 is 53.0 Å². The van der Waals surface area contributed by atoms with Crippen LogP contribution in [0.25, 0.3) is 22.6 Å². The molecule has 9 amide bonds. The number of hydrogen-bond acceptors (Lipinski definition) is 11. The first-order valence-corrected chi connectivity index (χ1v) is 31.2. The number of alkyl carbamates (subject to hydrolysis) is 1. The molecular formula is C70H93N11O11. The van der Waals surface area contributed by atoms with Crippen molar-refractivity contribution in [3.63, 3.8) is 0 Å². The molecule has 1 aliphatic heterocycles. The average molecular weight is 1260 g/mol. The first-order chi connectivity index (χ1) is 43.3. The van der Waals surface area contributed by atoms with Gasteiger partial charge in [-0.05, 0) is 109 Å². The predicted molar refractivity (Wildman–Crippen MR) is 357 cm³/mol. The highest BCUT2D eigenvalue weighted by molar-refractivity contribution is 6.02. The van der Waals surface area contributed by atoms with Gasteiger partial charge in [0.15, 0.2) is 0 Å². The lowest BCUT2D eigenvalue weighted by Crippen LogP contribution is -2.61. The number of carboxylic acids is 1. The lowest BCUT2D eigenvalue weighted by molar-refractivity contribution is -0.141. The Morgan fingerprint density at radius 1 is 0.783 bits per heavy atom. The van der Waals surface area contributed by atoms with Crippen LogP contribution in [0.2, 0.25) is 0 Å². The summed E-state index contributed by atoms with van der Waals surface area (Å²) in [5, 5.41) is 30.4. The number of carbonyl (C=O) groups excluding carboxylic acids is 8. The Kier molecular flexibility index (Phi) is 24.7. The van der Waals surface area contributed by atoms with Crippen molar-refractivity contribution >= 4 is 87.5 Å². The molecule has 0 fully saturated rings. The van der Waals surface area contributed by atoms with Crippen molar-refractivity contribution in [1.82, 2.24) is 41.4 Å². The number of para-hydroxylation sites is 1. The summed E-state index contributed by atoms with van der Waals surface area (Å²) in [5.41, 5.74) is 11.9. The van der Waals surface area contributed by atoms with Gasteiger partial charge < -0.3 is 67.2 Å². The van der Waals surface area contributed by atoms with Crippen LogP contribution in [0.3, 0.4) is 0 Å². The number of carbonyl (C=O) groups is 9. The maximum atomic E-state index is 14.4. The number of carboxylic acid groups (broad SMARTS) is 1. The van der Waals surface area contributed by atoms with E-state index in [-0.39, 0.29) is 74.6 Å². The second-order valence-corrected chi connectivity index (χ2v) is 26.0. The minimum atomic E-state index is -1.11. The van der Waals surface area contributed by atoms with Crippen LogP contribution in [-0.4, -0.2) is 119 Å². The molecular weight excluding hydrogens is 1170 g/mol. The Labute approximate surface area is 539 Å². The van der Waals surface area contributed by atoms with Crippen molar-refractivity contribution in [2.24, 2.45) is 30.0 Å². The molecule has 22 heteroatoms. The number of nitrogens with two attached hydrogens (primary N) is 1. The lowest BCUT2D eigenvalue weighted by atomic mass is 9.76. The smallest absolute Gasteiger partial charge is 0.407 e. The monoisotopic (exact) mass is 1260 g/mol. The molecule has 5 aromatic rings. The largest absolute Gasteiger partial charge is 0.478 e. The molecule has 22 nitrogen and oxygen atoms in total. The number of fused-ring (bicyclic) bond motifs is 3. The molecule has 0 saturated heterocycles. The minimum absolute atomic E-state index is 0.0958. The Morgan fingerprint density at radius 2 is 1.45 bits per heavy atom. The van der Waals surface area contributed by atoms with E-state index in [9.17, 15) is 48.3 Å². The van der Waals surface area contributed by atoms with Gasteiger partial charge in [0.2, 0.25) is 35.4 Å². The highest BCUT2D eigenvalue weighted by atomic mass is 16.5. The number of aliphatic carboxylic acids is 1. The lowest BCUT2D eigenvalue weighted by Gasteiger charge is -2.39. The third-order valence-electron chi connectivity index (χ3n) is 16.8. The van der Waals surface area contributed by atoms with Gasteiger partial charge in [0.25, 0.3) is 0 Å². The van der Waals surface area contributed by atoms with Crippen LogP contribution in [0.1, 0.15) is 135 Å². The van der Waals surface area contributed by atoms with Crippen LogP contribution in [0.15, 0.2) is 109 Å². The van der Waals surface area contributed by atoms with E-state index in [4.69, 9.17) is 10.5 Å². The number of nitrogens with one attached hydrogen (secondary N) is 7. The van der Waals surface area contributed by atoms with Gasteiger partial charge in [-0.3, -0.25) is 28.8 Å². The standard InChI is InChI=1S/C70H93N11O11/c1-41(2)55(35-44(6)66(88)89)80(14)65(87)61(69(7,8)9)78-64(86)60(72-12)70(10,11)52-39-79(13)56-36-46(27-30-51(52)56)37-74-68(91)92-40-45-25-28-49(29-26-45)75-62(84)53(23-19-33-73-67(71)90)76-63(85)59(42(3)4)77-57(82)31-32-58(83)81-38-48-21-16-15-20-47(48)34-43(5)50-22-17-18-24-54(50)81/h15-18,20-22,24-30,34-36,39,41-42,53,55,59-61,72H,19,23,31-33,37-38,40H2,1-14H3,(H,74,91)(H,75,84)(H,76,85)(H,77,82)(H,78,86)(H,88,89)(H3,71,73,90)/b43-34-,44-35+/t53-,55+,59-,60+,61+/m0/s1. The normalized spacial score (nSPS) is 14.8. The Morgan fingerprint density at radius 3 is 2.09 bits per heavy atom. The average Bonchev–Trinajstić information content (AvgIpc) is 1.53. The zero-order chi connectivity index (χ0) is 67.9. The minimum Gasteiger partial charge on any atom is -0.478 e. The van der Waals surface area contributed by atoms with Gasteiger partial charge in [-0.25, -0.2) is 14.4 Å². The van der Waals surface area contributed by atoms with Crippen LogP contribution < -0.4 is 47.9 Å². The molecule has 0 radical (unpaired) electrons. The molecule has 0 spiro atoms. The van der Waals surface area contributed by atoms with Crippen LogP contribution in [0.4, 0.5) is 21.0 Å². The number of urea groups is 1. The van der Waals surface area contributed by atoms with Gasteiger partial charge in [0.05, 0.1) is 24.3 Å². The van der Waals surface area contributed by atoms with Gasteiger partial charge >= 0.3 is 18.1 Å². The van der Waals surface area contributed by atoms with Gasteiger partial charge in [0, 0.05) is 79.4 Å². The molecule has 6 rings (SSSR count). The molecule has 10 N–H and O–H groups in total. The number of aromatic nitrogens is 1. The van der Waals surface area contributed by atoms with E-state index in [0.29, 0.717) is 17.8 Å². The van der Waals surface area contributed by atoms with Crippen molar-refractivity contribution in [3.05, 3.63) is 142 Å². The third kappa shape index (κ3) is 18.7. The maximum absolute atomic E-state index is 14.4. The molecule has 1 aromatic heterocycles. The SMILES string of the molecule is CN[C@H](C(=O)N[C@H](C(=O)N(C)[C@H](/C=C(\C)C(=O)O)C(C)C)C(C)(C)C)C(C)(C)c1cn(C)c2cc(CNC(=O)OCc3ccc(NC(=O)[C@H](CCCNC(N)=O)NC(=O)[C@@H](NC(=O)CCC(=O)N4Cc5ccccc5/C=C(/C)c5ccccc54)C(C)C)cc3)ccc12. The van der Waals surface area contributed by atoms with E-state index in [1.165, 1.54) is 11.8 Å². The Hall–Kier alpha value is -9.31. The fourth-order valence-electron chi connectivity index (χ4n) is 11.5. The molecule has 0 bridgehead atoms. The molecule has 2 heterocycles. The number of rotatable bonds is 27. The molecule has 4 aromatic carbocycles. The fourth-order valence-corrected chi connectivity index (χ4v) is 11.5. The maximum Gasteiger partial charge on any atom is 0.407 e. The van der Waals surface area contributed by atoms with Gasteiger partial charge in [-0.1, -0.05) is 141 Å². The number of ether oxygens (including phenoxy) is 1. The number of primary amides is 1. The molecule has 5 atom stereocenters. The van der Waals surface area contributed by atoms with Gasteiger partial charge in [-0.2, -0.15) is 0 Å². The van der Waals surface area contributed by atoms with Crippen LogP contribution in [0.5, 0.6) is 0 Å². The summed E-state index contributed by atoms with van der Waals surface area (Å²) in [6, 6.07) is 22.7. The van der Waals surface area contributed by atoms with Crippen LogP contribution >= 0.6 is 0 Å². The summed E-state index contributed by atoms with van der Waals surface area (Å²) in [7, 11) is 5.22. The Bertz CT molecular complexity index is 3580. The number of hydrogen-bond donors (Lipinski definition) is 9. The number of nitrogens with zero attached hydrogens (tertiary/aromatic N) is 3. The second kappa shape index (κ2) is 31.6. The van der Waals surface area contributed by atoms with Crippen molar-refractivity contribution in [2.45, 2.75) is 157 Å². The molecule has 0 aliphatic carbocycles. The third-order valence-corrected chi connectivity index (χ3v) is 16.8. The van der Waals surface area contributed by atoms with E-state index < -0.39 is 82.8 Å². The van der Waals surface area contributed by atoms with Crippen LogP contribution in [0, 0.1) is 17.3 Å². The number of benzene rings is 4. The van der Waals surface area contributed by atoms with Gasteiger partial charge in [-0.15, -0.1) is 0 Å². The number of allylic oxidation sites excluding steroid dienone is 1. The summed E-state index contributed by atoms with van der Waals surface area (Å²) in [6.45, 7) is 20.8. The van der Waals surface area contributed by atoms with E-state index in [2.05, 4.69) is 43.3 Å². The first kappa shape index (κ1) is 71.8. The molecule has 0 saturated carbocycles. The molecule has 92 heavy (non-hydrogen) atoms. The summed E-state index contributed by atoms with van der Waals surface area (Å²) in [6.07, 6.45) is 5.00. The molecule has 494 valence electrons. The molecule has 0 unspecified atom stereocenters. The summed E-state index contributed by atoms with van der Waals surface area (Å²) in [4.78, 5) is 124. The van der Waals surface area contributed by atoms with Crippen molar-refractivity contribution in [2.75, 3.05) is 30.9 Å². The summed E-state index contributed by atoms with van der Waals surface area (Å²) < 4.78 is 7.51. The zero-order valence-corrected chi connectivity index (χ0v) is 55.5. The van der Waals surface area contributed by atoms with Gasteiger partial charge in [0.1, 0.15) is 24.7 Å². The number of aryl methyl sites for hydroxylation is 1. The highest BCUT2D eigenvalue weighted by Crippen LogP contribution is 2.37. The van der Waals surface area contributed by atoms with Crippen molar-refractivity contribution in [1.29, 1.82) is 0 Å². The van der Waals surface area contributed by atoms with Crippen molar-refractivity contribution in [3.8, 4) is 0 Å². The summed E-state index contributed by atoms with van der Waals surface area (Å²) in [5.74, 6) is -4.29. The summed E-state index contributed by atoms with van der Waals surface area (Å²) >= 11 is 0. The number of likely N-dealkylation sites (N-methyl/N-ethyl adjacent to an activating group) is 2. The topological polar surface area (TPSA) is 305 Å². The first-order valence-electron chi connectivity index (χ1n) is 31.2. The van der Waals surface area contributed by atoms with Crippen LogP contribution in [-0.2, 0) is 70.5 Å². The van der Waals surface area contributed by atoms with E-state index in [0.717, 1.165) is 50.0 Å². The fraction of sp³-hybridized carbons (Fsp3) is 0.443. The quantitative estimate of drug-likeness (QED) is 0.0177. The highest BCUT2D eigenvalue weighted by Gasteiger charge is 2.43. The van der Waals surface area contributed by atoms with E-state index in [1.54, 1.807) is 63.2 Å².